The van der Waals surface area contributed by atoms with E-state index in [-0.39, 0.29) is 5.54 Å². The summed E-state index contributed by atoms with van der Waals surface area (Å²) in [5.41, 5.74) is 1.42. The normalized spacial score (nSPS) is 34.1. The highest BCUT2D eigenvalue weighted by Crippen LogP contribution is 2.32. The Morgan fingerprint density at radius 3 is 3.18 bits per heavy atom. The van der Waals surface area contributed by atoms with Gasteiger partial charge in [-0.25, -0.2) is 4.98 Å². The predicted molar refractivity (Wildman–Crippen MR) is 65.9 cm³/mol. The summed E-state index contributed by atoms with van der Waals surface area (Å²) in [5, 5.41) is 3.55. The minimum atomic E-state index is 0.0916. The summed E-state index contributed by atoms with van der Waals surface area (Å²) < 4.78 is 8.00. The van der Waals surface area contributed by atoms with Crippen LogP contribution in [0.2, 0.25) is 0 Å². The Kier molecular flexibility index (Phi) is 2.92. The van der Waals surface area contributed by atoms with E-state index in [4.69, 9.17) is 4.74 Å². The van der Waals surface area contributed by atoms with E-state index in [9.17, 15) is 0 Å². The molecule has 2 unspecified atom stereocenters. The Morgan fingerprint density at radius 1 is 1.53 bits per heavy atom. The summed E-state index contributed by atoms with van der Waals surface area (Å²) in [6.07, 6.45) is 8.81. The molecule has 1 aromatic rings. The maximum Gasteiger partial charge on any atom is 0.0954 e. The SMILES string of the molecule is CC1(n2cncc2C2CCCN2)CCCOC1. The first-order chi connectivity index (χ1) is 8.30. The molecule has 0 radical (unpaired) electrons. The van der Waals surface area contributed by atoms with Gasteiger partial charge in [-0.3, -0.25) is 0 Å². The number of nitrogens with zero attached hydrogens (tertiary/aromatic N) is 2. The van der Waals surface area contributed by atoms with Crippen LogP contribution in [0.15, 0.2) is 12.5 Å². The number of ether oxygens (including phenoxy) is 1. The van der Waals surface area contributed by atoms with Gasteiger partial charge in [0.25, 0.3) is 0 Å². The third kappa shape index (κ3) is 2.00. The van der Waals surface area contributed by atoms with Crippen LogP contribution in [-0.4, -0.2) is 29.3 Å². The fraction of sp³-hybridized carbons (Fsp3) is 0.769. The van der Waals surface area contributed by atoms with Crippen molar-refractivity contribution in [1.82, 2.24) is 14.9 Å². The van der Waals surface area contributed by atoms with Gasteiger partial charge in [0.05, 0.1) is 24.2 Å². The van der Waals surface area contributed by atoms with Crippen LogP contribution < -0.4 is 5.32 Å². The maximum atomic E-state index is 5.66. The lowest BCUT2D eigenvalue weighted by molar-refractivity contribution is 0.00772. The molecule has 3 heterocycles. The number of imidazole rings is 1. The van der Waals surface area contributed by atoms with Crippen molar-refractivity contribution in [2.24, 2.45) is 0 Å². The van der Waals surface area contributed by atoms with E-state index < -0.39 is 0 Å². The van der Waals surface area contributed by atoms with Crippen LogP contribution >= 0.6 is 0 Å². The van der Waals surface area contributed by atoms with Crippen molar-refractivity contribution >= 4 is 0 Å². The fourth-order valence-electron chi connectivity index (χ4n) is 3.06. The molecule has 2 aliphatic rings. The van der Waals surface area contributed by atoms with Crippen molar-refractivity contribution in [3.05, 3.63) is 18.2 Å². The average Bonchev–Trinajstić information content (AvgIpc) is 3.01. The van der Waals surface area contributed by atoms with Crippen LogP contribution in [0.1, 0.15) is 44.3 Å². The molecule has 4 heteroatoms. The predicted octanol–water partition coefficient (Wildman–Crippen LogP) is 1.83. The number of rotatable bonds is 2. The highest BCUT2D eigenvalue weighted by Gasteiger charge is 2.33. The standard InChI is InChI=1S/C13H21N3O/c1-13(5-3-7-17-9-13)16-10-14-8-12(16)11-4-2-6-15-11/h8,10-11,15H,2-7,9H2,1H3. The fourth-order valence-corrected chi connectivity index (χ4v) is 3.06. The molecule has 0 aromatic carbocycles. The molecule has 1 N–H and O–H groups in total. The lowest BCUT2D eigenvalue weighted by Gasteiger charge is -2.36. The summed E-state index contributed by atoms with van der Waals surface area (Å²) in [5.74, 6) is 0. The molecular formula is C13H21N3O. The van der Waals surface area contributed by atoms with E-state index >= 15 is 0 Å². The first-order valence-electron chi connectivity index (χ1n) is 6.63. The Hall–Kier alpha value is -0.870. The molecular weight excluding hydrogens is 214 g/mol. The van der Waals surface area contributed by atoms with Gasteiger partial charge in [-0.15, -0.1) is 0 Å². The minimum Gasteiger partial charge on any atom is -0.379 e. The highest BCUT2D eigenvalue weighted by molar-refractivity contribution is 5.11. The van der Waals surface area contributed by atoms with Crippen LogP contribution in [0.25, 0.3) is 0 Å². The van der Waals surface area contributed by atoms with Crippen molar-refractivity contribution < 1.29 is 4.74 Å². The van der Waals surface area contributed by atoms with Crippen molar-refractivity contribution in [1.29, 1.82) is 0 Å². The van der Waals surface area contributed by atoms with E-state index in [1.165, 1.54) is 25.0 Å². The summed E-state index contributed by atoms with van der Waals surface area (Å²) >= 11 is 0. The van der Waals surface area contributed by atoms with E-state index in [2.05, 4.69) is 21.8 Å². The number of aromatic nitrogens is 2. The Labute approximate surface area is 102 Å². The van der Waals surface area contributed by atoms with Gasteiger partial charge in [-0.05, 0) is 39.2 Å². The van der Waals surface area contributed by atoms with E-state index in [0.717, 1.165) is 26.2 Å². The van der Waals surface area contributed by atoms with Crippen molar-refractivity contribution in [3.8, 4) is 0 Å². The zero-order valence-electron chi connectivity index (χ0n) is 10.5. The zero-order valence-corrected chi connectivity index (χ0v) is 10.5. The Balaban J connectivity index is 1.89. The highest BCUT2D eigenvalue weighted by atomic mass is 16.5. The zero-order chi connectivity index (χ0) is 11.7. The summed E-state index contributed by atoms with van der Waals surface area (Å²) in [6, 6.07) is 0.483. The summed E-state index contributed by atoms with van der Waals surface area (Å²) in [4.78, 5) is 4.35. The molecule has 0 bridgehead atoms. The van der Waals surface area contributed by atoms with Gasteiger partial charge in [0.15, 0.2) is 0 Å². The average molecular weight is 235 g/mol. The first kappa shape index (κ1) is 11.2. The molecule has 2 saturated heterocycles. The van der Waals surface area contributed by atoms with Crippen LogP contribution in [-0.2, 0) is 10.3 Å². The van der Waals surface area contributed by atoms with Gasteiger partial charge in [0, 0.05) is 18.8 Å². The van der Waals surface area contributed by atoms with Gasteiger partial charge < -0.3 is 14.6 Å². The van der Waals surface area contributed by atoms with Crippen LogP contribution in [0.3, 0.4) is 0 Å². The monoisotopic (exact) mass is 235 g/mol. The van der Waals surface area contributed by atoms with E-state index in [1.807, 2.05) is 12.5 Å². The van der Waals surface area contributed by atoms with Crippen LogP contribution in [0.4, 0.5) is 0 Å². The van der Waals surface area contributed by atoms with Crippen LogP contribution in [0, 0.1) is 0 Å². The van der Waals surface area contributed by atoms with E-state index in [0.29, 0.717) is 6.04 Å². The van der Waals surface area contributed by atoms with E-state index in [1.54, 1.807) is 0 Å². The molecule has 17 heavy (non-hydrogen) atoms. The summed E-state index contributed by atoms with van der Waals surface area (Å²) in [6.45, 7) is 5.12. The molecule has 4 nitrogen and oxygen atoms in total. The third-order valence-corrected chi connectivity index (χ3v) is 4.08. The molecule has 0 aliphatic carbocycles. The first-order valence-corrected chi connectivity index (χ1v) is 6.63. The molecule has 2 atom stereocenters. The number of hydrogen-bond donors (Lipinski definition) is 1. The second-order valence-electron chi connectivity index (χ2n) is 5.49. The van der Waals surface area contributed by atoms with Gasteiger partial charge in [-0.2, -0.15) is 0 Å². The topological polar surface area (TPSA) is 39.1 Å². The Morgan fingerprint density at radius 2 is 2.47 bits per heavy atom. The molecule has 0 amide bonds. The second kappa shape index (κ2) is 4.42. The molecule has 3 rings (SSSR count). The molecule has 94 valence electrons. The molecule has 0 saturated carbocycles. The van der Waals surface area contributed by atoms with Crippen molar-refractivity contribution in [2.75, 3.05) is 19.8 Å². The summed E-state index contributed by atoms with van der Waals surface area (Å²) in [7, 11) is 0. The van der Waals surface area contributed by atoms with Gasteiger partial charge in [-0.1, -0.05) is 0 Å². The lowest BCUT2D eigenvalue weighted by atomic mass is 9.93. The largest absolute Gasteiger partial charge is 0.379 e. The molecule has 2 aliphatic heterocycles. The van der Waals surface area contributed by atoms with Crippen molar-refractivity contribution in [3.63, 3.8) is 0 Å². The Bertz CT molecular complexity index is 376. The lowest BCUT2D eigenvalue weighted by Crippen LogP contribution is -2.40. The van der Waals surface area contributed by atoms with Gasteiger partial charge in [0.2, 0.25) is 0 Å². The van der Waals surface area contributed by atoms with Crippen molar-refractivity contribution in [2.45, 2.75) is 44.2 Å². The van der Waals surface area contributed by atoms with Crippen LogP contribution in [0.5, 0.6) is 0 Å². The molecule has 2 fully saturated rings. The maximum absolute atomic E-state index is 5.66. The van der Waals surface area contributed by atoms with Gasteiger partial charge >= 0.3 is 0 Å². The minimum absolute atomic E-state index is 0.0916. The number of nitrogens with one attached hydrogen (secondary N) is 1. The molecule has 0 spiro atoms. The third-order valence-electron chi connectivity index (χ3n) is 4.08. The quantitative estimate of drug-likeness (QED) is 0.850. The second-order valence-corrected chi connectivity index (χ2v) is 5.49. The molecule has 1 aromatic heterocycles. The van der Waals surface area contributed by atoms with Gasteiger partial charge in [0.1, 0.15) is 0 Å². The smallest absolute Gasteiger partial charge is 0.0954 e. The number of hydrogen-bond acceptors (Lipinski definition) is 3.